The molecule has 7 N–H and O–H groups in total. The van der Waals surface area contributed by atoms with Gasteiger partial charge >= 0.3 is 5.97 Å². The van der Waals surface area contributed by atoms with Crippen molar-refractivity contribution in [1.29, 1.82) is 0 Å². The van der Waals surface area contributed by atoms with Crippen LogP contribution in [0.5, 0.6) is 0 Å². The number of aliphatic hydroxyl groups excluding tert-OH is 7. The van der Waals surface area contributed by atoms with Crippen molar-refractivity contribution >= 4 is 5.97 Å². The molecule has 2 aliphatic rings. The molecular formula is C26H48O12. The van der Waals surface area contributed by atoms with Gasteiger partial charge in [0.1, 0.15) is 55.4 Å². The van der Waals surface area contributed by atoms with Gasteiger partial charge in [-0.05, 0) is 6.42 Å². The van der Waals surface area contributed by atoms with Crippen LogP contribution in [0.4, 0.5) is 0 Å². The summed E-state index contributed by atoms with van der Waals surface area (Å²) in [5, 5.41) is 70.0. The van der Waals surface area contributed by atoms with E-state index in [0.717, 1.165) is 19.3 Å². The van der Waals surface area contributed by atoms with Crippen LogP contribution in [0.15, 0.2) is 0 Å². The molecule has 0 aromatic carbocycles. The minimum atomic E-state index is -1.76. The number of carbonyl (C=O) groups is 1. The molecule has 0 unspecified atom stereocenters. The van der Waals surface area contributed by atoms with Crippen LogP contribution in [-0.2, 0) is 23.7 Å². The average molecular weight is 553 g/mol. The van der Waals surface area contributed by atoms with Crippen molar-refractivity contribution in [2.75, 3.05) is 13.2 Å². The lowest BCUT2D eigenvalue weighted by atomic mass is 9.98. The van der Waals surface area contributed by atoms with Gasteiger partial charge in [-0.3, -0.25) is 4.79 Å². The molecule has 0 bridgehead atoms. The van der Waals surface area contributed by atoms with Crippen LogP contribution in [0, 0.1) is 0 Å². The van der Waals surface area contributed by atoms with Crippen molar-refractivity contribution in [3.8, 4) is 0 Å². The van der Waals surface area contributed by atoms with Gasteiger partial charge in [-0.25, -0.2) is 0 Å². The fourth-order valence-electron chi connectivity index (χ4n) is 4.66. The largest absolute Gasteiger partial charge is 0.463 e. The SMILES string of the molecule is CCCCCCCCCCCCCC(=O)OC[C@@H]1O[C@H](O[C@H]2O[C@H](CO)[C@@H](O)[C@H](O)[C@@H]2O)[C@@H](O)[C@H](O)[C@@H]1O. The fraction of sp³-hybridized carbons (Fsp3) is 0.962. The Bertz CT molecular complexity index is 650. The van der Waals surface area contributed by atoms with Gasteiger partial charge in [0.25, 0.3) is 0 Å². The summed E-state index contributed by atoms with van der Waals surface area (Å²) in [7, 11) is 0. The third-order valence-corrected chi connectivity index (χ3v) is 7.18. The van der Waals surface area contributed by atoms with E-state index in [-0.39, 0.29) is 6.42 Å². The molecule has 38 heavy (non-hydrogen) atoms. The molecule has 0 radical (unpaired) electrons. The van der Waals surface area contributed by atoms with Crippen LogP contribution < -0.4 is 0 Å². The Labute approximate surface area is 224 Å². The van der Waals surface area contributed by atoms with Crippen molar-refractivity contribution in [3.63, 3.8) is 0 Å². The molecule has 10 atom stereocenters. The first-order valence-electron chi connectivity index (χ1n) is 14.0. The molecule has 2 saturated heterocycles. The molecule has 2 rings (SSSR count). The van der Waals surface area contributed by atoms with Crippen LogP contribution in [-0.4, -0.2) is 116 Å². The molecule has 224 valence electrons. The Morgan fingerprint density at radius 2 is 1.08 bits per heavy atom. The molecular weight excluding hydrogens is 504 g/mol. The van der Waals surface area contributed by atoms with Gasteiger partial charge in [-0.15, -0.1) is 0 Å². The summed E-state index contributed by atoms with van der Waals surface area (Å²) in [6, 6.07) is 0. The molecule has 2 fully saturated rings. The zero-order valence-electron chi connectivity index (χ0n) is 22.3. The maximum atomic E-state index is 12.1. The highest BCUT2D eigenvalue weighted by Gasteiger charge is 2.49. The monoisotopic (exact) mass is 552 g/mol. The Morgan fingerprint density at radius 1 is 0.632 bits per heavy atom. The molecule has 0 spiro atoms. The average Bonchev–Trinajstić information content (AvgIpc) is 2.91. The number of ether oxygens (including phenoxy) is 4. The number of hydrogen-bond donors (Lipinski definition) is 7. The summed E-state index contributed by atoms with van der Waals surface area (Å²) in [6.45, 7) is 1.12. The van der Waals surface area contributed by atoms with Gasteiger partial charge in [0.2, 0.25) is 0 Å². The normalized spacial score (nSPS) is 35.8. The first kappa shape index (κ1) is 33.3. The first-order chi connectivity index (χ1) is 18.2. The van der Waals surface area contributed by atoms with Crippen LogP contribution in [0.1, 0.15) is 84.0 Å². The number of carbonyl (C=O) groups excluding carboxylic acids is 1. The molecule has 2 heterocycles. The number of esters is 1. The molecule has 0 aromatic rings. The lowest BCUT2D eigenvalue weighted by Crippen LogP contribution is -2.63. The van der Waals surface area contributed by atoms with Gasteiger partial charge in [-0.1, -0.05) is 71.1 Å². The standard InChI is InChI=1S/C26H48O12/c1-2-3-4-5-6-7-8-9-10-11-12-13-18(28)35-15-17-20(30)22(32)24(34)26(37-17)38-25-23(33)21(31)19(29)16(14-27)36-25/h16-17,19-27,29-34H,2-15H2,1H3/t16-,17+,19-,20-,21+,22-,23+,24+,25-,26-/m1/s1. The van der Waals surface area contributed by atoms with Crippen molar-refractivity contribution < 1.29 is 59.5 Å². The van der Waals surface area contributed by atoms with Crippen molar-refractivity contribution in [2.45, 2.75) is 145 Å². The number of hydrogen-bond acceptors (Lipinski definition) is 12. The van der Waals surface area contributed by atoms with Crippen molar-refractivity contribution in [3.05, 3.63) is 0 Å². The zero-order chi connectivity index (χ0) is 28.1. The Balaban J connectivity index is 1.70. The van der Waals surface area contributed by atoms with Gasteiger partial charge in [0.05, 0.1) is 6.61 Å². The smallest absolute Gasteiger partial charge is 0.305 e. The van der Waals surface area contributed by atoms with Crippen molar-refractivity contribution in [2.24, 2.45) is 0 Å². The van der Waals surface area contributed by atoms with E-state index in [1.807, 2.05) is 0 Å². The van der Waals surface area contributed by atoms with E-state index in [9.17, 15) is 40.5 Å². The van der Waals surface area contributed by atoms with E-state index in [0.29, 0.717) is 6.42 Å². The van der Waals surface area contributed by atoms with E-state index in [2.05, 4.69) is 6.92 Å². The third-order valence-electron chi connectivity index (χ3n) is 7.18. The highest BCUT2D eigenvalue weighted by atomic mass is 16.8. The van der Waals surface area contributed by atoms with Crippen molar-refractivity contribution in [1.82, 2.24) is 0 Å². The molecule has 0 amide bonds. The fourth-order valence-corrected chi connectivity index (χ4v) is 4.66. The van der Waals surface area contributed by atoms with E-state index < -0.39 is 80.6 Å². The highest BCUT2D eigenvalue weighted by Crippen LogP contribution is 2.28. The lowest BCUT2D eigenvalue weighted by molar-refractivity contribution is -0.376. The summed E-state index contributed by atoms with van der Waals surface area (Å²) in [5.74, 6) is -0.483. The molecule has 0 aliphatic carbocycles. The highest BCUT2D eigenvalue weighted by molar-refractivity contribution is 5.69. The maximum absolute atomic E-state index is 12.1. The third kappa shape index (κ3) is 10.2. The molecule has 0 saturated carbocycles. The zero-order valence-corrected chi connectivity index (χ0v) is 22.3. The lowest BCUT2D eigenvalue weighted by Gasteiger charge is -2.44. The predicted molar refractivity (Wildman–Crippen MR) is 134 cm³/mol. The Morgan fingerprint density at radius 3 is 1.58 bits per heavy atom. The van der Waals surface area contributed by atoms with Crippen LogP contribution >= 0.6 is 0 Å². The maximum Gasteiger partial charge on any atom is 0.305 e. The van der Waals surface area contributed by atoms with Gasteiger partial charge < -0.3 is 54.7 Å². The van der Waals surface area contributed by atoms with Crippen LogP contribution in [0.3, 0.4) is 0 Å². The molecule has 2 aliphatic heterocycles. The quantitative estimate of drug-likeness (QED) is 0.0933. The summed E-state index contributed by atoms with van der Waals surface area (Å²) in [4.78, 5) is 12.1. The summed E-state index contributed by atoms with van der Waals surface area (Å²) >= 11 is 0. The van der Waals surface area contributed by atoms with Gasteiger partial charge in [0.15, 0.2) is 12.6 Å². The summed E-state index contributed by atoms with van der Waals surface area (Å²) in [5.41, 5.74) is 0. The number of rotatable bonds is 17. The minimum absolute atomic E-state index is 0.204. The van der Waals surface area contributed by atoms with Gasteiger partial charge in [-0.2, -0.15) is 0 Å². The predicted octanol–water partition coefficient (Wildman–Crippen LogP) is -0.145. The topological polar surface area (TPSA) is 196 Å². The number of unbranched alkanes of at least 4 members (excludes halogenated alkanes) is 10. The van der Waals surface area contributed by atoms with E-state index >= 15 is 0 Å². The molecule has 0 aromatic heterocycles. The first-order valence-corrected chi connectivity index (χ1v) is 14.0. The number of aliphatic hydroxyl groups is 7. The van der Waals surface area contributed by atoms with Gasteiger partial charge in [0, 0.05) is 6.42 Å². The van der Waals surface area contributed by atoms with E-state index in [1.165, 1.54) is 44.9 Å². The Kier molecular flexibility index (Phi) is 15.5. The minimum Gasteiger partial charge on any atom is -0.463 e. The van der Waals surface area contributed by atoms with Crippen LogP contribution in [0.2, 0.25) is 0 Å². The second kappa shape index (κ2) is 17.7. The summed E-state index contributed by atoms with van der Waals surface area (Å²) in [6.07, 6.45) is -3.03. The van der Waals surface area contributed by atoms with Crippen LogP contribution in [0.25, 0.3) is 0 Å². The van der Waals surface area contributed by atoms with E-state index in [4.69, 9.17) is 18.9 Å². The van der Waals surface area contributed by atoms with E-state index in [1.54, 1.807) is 0 Å². The second-order valence-corrected chi connectivity index (χ2v) is 10.3. The second-order valence-electron chi connectivity index (χ2n) is 10.3. The molecule has 12 heteroatoms. The molecule has 12 nitrogen and oxygen atoms in total. The summed E-state index contributed by atoms with van der Waals surface area (Å²) < 4.78 is 21.3. The Hall–Kier alpha value is -0.930.